The maximum Gasteiger partial charge on any atom is 0.360 e. The molecule has 0 aliphatic heterocycles. The number of carbonyl (C=O) groups is 1. The molecule has 1 N–H and O–H groups in total. The highest BCUT2D eigenvalue weighted by Gasteiger charge is 2.17. The van der Waals surface area contributed by atoms with Crippen molar-refractivity contribution in [3.8, 4) is 0 Å². The first-order valence-corrected chi connectivity index (χ1v) is 6.53. The van der Waals surface area contributed by atoms with Crippen molar-refractivity contribution in [2.45, 2.75) is 40.0 Å². The lowest BCUT2D eigenvalue weighted by Crippen LogP contribution is -2.18. The average Bonchev–Trinajstić information content (AvgIpc) is 2.71. The fourth-order valence-corrected chi connectivity index (χ4v) is 1.57. The number of esters is 1. The van der Waals surface area contributed by atoms with E-state index < -0.39 is 5.97 Å². The van der Waals surface area contributed by atoms with Gasteiger partial charge in [0.1, 0.15) is 5.76 Å². The van der Waals surface area contributed by atoms with Gasteiger partial charge in [-0.05, 0) is 26.8 Å². The number of hydrogen-bond donors (Lipinski definition) is 1. The monoisotopic (exact) mass is 254 g/mol. The molecule has 0 fully saturated rings. The highest BCUT2D eigenvalue weighted by Crippen LogP contribution is 2.11. The molecule has 0 bridgehead atoms. The van der Waals surface area contributed by atoms with Crippen LogP contribution in [0.4, 0.5) is 0 Å². The molecule has 0 aliphatic rings. The van der Waals surface area contributed by atoms with E-state index in [1.54, 1.807) is 13.8 Å². The standard InChI is InChI=1S/C13H22N2O3/c1-4-6-8-14-9-7-11-15-12(10(3)18-11)13(16)17-5-2/h14H,4-9H2,1-3H3. The lowest BCUT2D eigenvalue weighted by Gasteiger charge is -2.00. The van der Waals surface area contributed by atoms with Crippen molar-refractivity contribution in [2.24, 2.45) is 0 Å². The molecule has 0 atom stereocenters. The topological polar surface area (TPSA) is 64.4 Å². The van der Waals surface area contributed by atoms with E-state index in [9.17, 15) is 4.79 Å². The van der Waals surface area contributed by atoms with E-state index >= 15 is 0 Å². The van der Waals surface area contributed by atoms with Crippen LogP contribution in [0.15, 0.2) is 4.42 Å². The lowest BCUT2D eigenvalue weighted by molar-refractivity contribution is 0.0518. The molecule has 1 heterocycles. The van der Waals surface area contributed by atoms with E-state index in [0.717, 1.165) is 13.1 Å². The molecule has 0 unspecified atom stereocenters. The zero-order valence-corrected chi connectivity index (χ0v) is 11.4. The molecule has 0 aliphatic carbocycles. The maximum atomic E-state index is 11.5. The van der Waals surface area contributed by atoms with Crippen LogP contribution in [-0.2, 0) is 11.2 Å². The van der Waals surface area contributed by atoms with E-state index in [-0.39, 0.29) is 0 Å². The summed E-state index contributed by atoms with van der Waals surface area (Å²) in [5.74, 6) is 0.695. The summed E-state index contributed by atoms with van der Waals surface area (Å²) < 4.78 is 10.3. The molecular weight excluding hydrogens is 232 g/mol. The number of rotatable bonds is 8. The van der Waals surface area contributed by atoms with Gasteiger partial charge in [0.2, 0.25) is 0 Å². The maximum absolute atomic E-state index is 11.5. The second-order valence-corrected chi connectivity index (χ2v) is 4.09. The van der Waals surface area contributed by atoms with Crippen LogP contribution in [0.25, 0.3) is 0 Å². The number of carbonyl (C=O) groups excluding carboxylic acids is 1. The van der Waals surface area contributed by atoms with Gasteiger partial charge < -0.3 is 14.5 Å². The van der Waals surface area contributed by atoms with Crippen LogP contribution >= 0.6 is 0 Å². The molecule has 1 aromatic heterocycles. The summed E-state index contributed by atoms with van der Waals surface area (Å²) in [4.78, 5) is 15.7. The summed E-state index contributed by atoms with van der Waals surface area (Å²) >= 11 is 0. The van der Waals surface area contributed by atoms with E-state index in [1.807, 2.05) is 0 Å². The molecule has 0 aromatic carbocycles. The van der Waals surface area contributed by atoms with Crippen molar-refractivity contribution in [1.82, 2.24) is 10.3 Å². The molecule has 1 aromatic rings. The highest BCUT2D eigenvalue weighted by atomic mass is 16.5. The number of aromatic nitrogens is 1. The van der Waals surface area contributed by atoms with Crippen LogP contribution in [0.3, 0.4) is 0 Å². The van der Waals surface area contributed by atoms with Gasteiger partial charge in [-0.2, -0.15) is 0 Å². The van der Waals surface area contributed by atoms with Crippen LogP contribution in [0, 0.1) is 6.92 Å². The minimum absolute atomic E-state index is 0.292. The summed E-state index contributed by atoms with van der Waals surface area (Å²) in [6, 6.07) is 0. The summed E-state index contributed by atoms with van der Waals surface area (Å²) in [6.45, 7) is 7.81. The van der Waals surface area contributed by atoms with Crippen molar-refractivity contribution in [1.29, 1.82) is 0 Å². The summed E-state index contributed by atoms with van der Waals surface area (Å²) in [6.07, 6.45) is 3.03. The Balaban J connectivity index is 2.43. The van der Waals surface area contributed by atoms with E-state index in [2.05, 4.69) is 17.2 Å². The molecule has 0 radical (unpaired) electrons. The van der Waals surface area contributed by atoms with Crippen molar-refractivity contribution in [3.05, 3.63) is 17.3 Å². The number of unbranched alkanes of at least 4 members (excludes halogenated alkanes) is 1. The number of nitrogens with zero attached hydrogens (tertiary/aromatic N) is 1. The Morgan fingerprint density at radius 3 is 2.83 bits per heavy atom. The quantitative estimate of drug-likeness (QED) is 0.568. The molecule has 5 heteroatoms. The Hall–Kier alpha value is -1.36. The van der Waals surface area contributed by atoms with Crippen molar-refractivity contribution in [3.63, 3.8) is 0 Å². The van der Waals surface area contributed by atoms with Crippen LogP contribution < -0.4 is 5.32 Å². The molecule has 5 nitrogen and oxygen atoms in total. The van der Waals surface area contributed by atoms with Gasteiger partial charge in [-0.3, -0.25) is 0 Å². The fourth-order valence-electron chi connectivity index (χ4n) is 1.57. The van der Waals surface area contributed by atoms with Crippen LogP contribution in [-0.4, -0.2) is 30.6 Å². The first-order valence-electron chi connectivity index (χ1n) is 6.53. The van der Waals surface area contributed by atoms with Crippen LogP contribution in [0.5, 0.6) is 0 Å². The SMILES string of the molecule is CCCCNCCc1nc(C(=O)OCC)c(C)o1. The number of ether oxygens (including phenoxy) is 1. The molecule has 0 amide bonds. The minimum Gasteiger partial charge on any atom is -0.461 e. The number of hydrogen-bond acceptors (Lipinski definition) is 5. The normalized spacial score (nSPS) is 10.6. The Morgan fingerprint density at radius 2 is 2.17 bits per heavy atom. The second kappa shape index (κ2) is 7.87. The largest absolute Gasteiger partial charge is 0.461 e. The summed E-state index contributed by atoms with van der Waals surface area (Å²) in [5, 5.41) is 3.30. The molecule has 1 rings (SSSR count). The van der Waals surface area contributed by atoms with E-state index in [0.29, 0.717) is 30.4 Å². The Morgan fingerprint density at radius 1 is 1.39 bits per heavy atom. The first kappa shape index (κ1) is 14.7. The van der Waals surface area contributed by atoms with E-state index in [1.165, 1.54) is 12.8 Å². The van der Waals surface area contributed by atoms with Gasteiger partial charge in [-0.15, -0.1) is 0 Å². The van der Waals surface area contributed by atoms with Crippen molar-refractivity contribution >= 4 is 5.97 Å². The highest BCUT2D eigenvalue weighted by molar-refractivity contribution is 5.88. The molecule has 0 saturated heterocycles. The van der Waals surface area contributed by atoms with Crippen LogP contribution in [0.1, 0.15) is 48.8 Å². The Labute approximate surface area is 108 Å². The van der Waals surface area contributed by atoms with Gasteiger partial charge in [0.15, 0.2) is 11.6 Å². The first-order chi connectivity index (χ1) is 8.69. The molecule has 0 saturated carbocycles. The van der Waals surface area contributed by atoms with Gasteiger partial charge in [0.25, 0.3) is 0 Å². The molecule has 102 valence electrons. The second-order valence-electron chi connectivity index (χ2n) is 4.09. The number of nitrogens with one attached hydrogen (secondary N) is 1. The molecule has 0 spiro atoms. The Bertz CT molecular complexity index is 374. The zero-order chi connectivity index (χ0) is 13.4. The van der Waals surface area contributed by atoms with Gasteiger partial charge in [-0.25, -0.2) is 9.78 Å². The van der Waals surface area contributed by atoms with E-state index in [4.69, 9.17) is 9.15 Å². The number of oxazole rings is 1. The third-order valence-corrected chi connectivity index (χ3v) is 2.53. The van der Waals surface area contributed by atoms with Crippen LogP contribution in [0.2, 0.25) is 0 Å². The molecular formula is C13H22N2O3. The third kappa shape index (κ3) is 4.49. The molecule has 18 heavy (non-hydrogen) atoms. The summed E-state index contributed by atoms with van der Waals surface area (Å²) in [7, 11) is 0. The van der Waals surface area contributed by atoms with Crippen molar-refractivity contribution < 1.29 is 13.9 Å². The lowest BCUT2D eigenvalue weighted by atomic mass is 10.3. The summed E-state index contributed by atoms with van der Waals surface area (Å²) in [5.41, 5.74) is 0.292. The predicted molar refractivity (Wildman–Crippen MR) is 68.7 cm³/mol. The van der Waals surface area contributed by atoms with Gasteiger partial charge in [-0.1, -0.05) is 13.3 Å². The van der Waals surface area contributed by atoms with Crippen molar-refractivity contribution in [2.75, 3.05) is 19.7 Å². The number of aryl methyl sites for hydroxylation is 1. The predicted octanol–water partition coefficient (Wildman–Crippen LogP) is 2.09. The average molecular weight is 254 g/mol. The fraction of sp³-hybridized carbons (Fsp3) is 0.692. The van der Waals surface area contributed by atoms with Gasteiger partial charge >= 0.3 is 5.97 Å². The van der Waals surface area contributed by atoms with Gasteiger partial charge in [0, 0.05) is 13.0 Å². The smallest absolute Gasteiger partial charge is 0.360 e. The third-order valence-electron chi connectivity index (χ3n) is 2.53. The van der Waals surface area contributed by atoms with Gasteiger partial charge in [0.05, 0.1) is 6.61 Å². The minimum atomic E-state index is -0.413. The zero-order valence-electron chi connectivity index (χ0n) is 11.4. The Kier molecular flexibility index (Phi) is 6.43.